The van der Waals surface area contributed by atoms with Gasteiger partial charge in [0.1, 0.15) is 0 Å². The molecule has 0 saturated carbocycles. The van der Waals surface area contributed by atoms with E-state index >= 15 is 0 Å². The molecule has 0 spiro atoms. The predicted octanol–water partition coefficient (Wildman–Crippen LogP) is 1.88. The molecule has 2 heterocycles. The van der Waals surface area contributed by atoms with Gasteiger partial charge < -0.3 is 14.8 Å². The van der Waals surface area contributed by atoms with Crippen LogP contribution in [0, 0.1) is 0 Å². The largest absolute Gasteiger partial charge is 0.357 e. The van der Waals surface area contributed by atoms with Gasteiger partial charge in [-0.1, -0.05) is 13.8 Å². The van der Waals surface area contributed by atoms with Crippen LogP contribution in [0.1, 0.15) is 37.9 Å². The molecule has 0 aromatic carbocycles. The van der Waals surface area contributed by atoms with Crippen molar-refractivity contribution in [1.82, 2.24) is 29.3 Å². The summed E-state index contributed by atoms with van der Waals surface area (Å²) in [5, 5.41) is 7.81. The van der Waals surface area contributed by atoms with Crippen molar-refractivity contribution in [2.45, 2.75) is 38.1 Å². The lowest BCUT2D eigenvalue weighted by Gasteiger charge is -2.22. The summed E-state index contributed by atoms with van der Waals surface area (Å²) in [6.45, 7) is 8.22. The van der Waals surface area contributed by atoms with Crippen LogP contribution in [-0.2, 0) is 30.7 Å². The first-order valence-electron chi connectivity index (χ1n) is 9.77. The fourth-order valence-corrected chi connectivity index (χ4v) is 4.10. The second-order valence-corrected chi connectivity index (χ2v) is 9.14. The van der Waals surface area contributed by atoms with Crippen LogP contribution in [0.4, 0.5) is 0 Å². The first-order chi connectivity index (χ1) is 13.6. The molecule has 2 rings (SSSR count). The number of aryl methyl sites for hydroxylation is 2. The van der Waals surface area contributed by atoms with Crippen LogP contribution >= 0.6 is 24.0 Å². The van der Waals surface area contributed by atoms with Crippen LogP contribution in [0.25, 0.3) is 0 Å². The highest BCUT2D eigenvalue weighted by atomic mass is 127. The molecule has 0 radical (unpaired) electrons. The molecule has 0 aliphatic rings. The average molecular weight is 551 g/mol. The standard InChI is InChI=1S/C19H33N7O2S.HI/c1-7-20-19(25(5)12-16-13-26(6)23-18(16)15(2)3)21-9-10-22-29(27,28)17-8-11-24(4)14-17;/h8,11,13-15,22H,7,9-10,12H2,1-6H3,(H,20,21);1H. The van der Waals surface area contributed by atoms with E-state index in [9.17, 15) is 8.42 Å². The topological polar surface area (TPSA) is 96.5 Å². The minimum atomic E-state index is -3.52. The molecule has 0 bridgehead atoms. The Morgan fingerprint density at radius 3 is 2.57 bits per heavy atom. The number of aliphatic imine (C=N–C) groups is 1. The molecule has 0 fully saturated rings. The van der Waals surface area contributed by atoms with Crippen molar-refractivity contribution in [3.63, 3.8) is 0 Å². The molecule has 0 aliphatic heterocycles. The monoisotopic (exact) mass is 551 g/mol. The molecule has 0 atom stereocenters. The van der Waals surface area contributed by atoms with Crippen LogP contribution < -0.4 is 10.0 Å². The summed E-state index contributed by atoms with van der Waals surface area (Å²) in [5.74, 6) is 1.07. The van der Waals surface area contributed by atoms with Gasteiger partial charge in [0.15, 0.2) is 5.96 Å². The normalized spacial score (nSPS) is 12.2. The summed E-state index contributed by atoms with van der Waals surface area (Å²) in [6.07, 6.45) is 5.31. The van der Waals surface area contributed by atoms with Crippen LogP contribution in [0.5, 0.6) is 0 Å². The van der Waals surface area contributed by atoms with E-state index < -0.39 is 10.0 Å². The van der Waals surface area contributed by atoms with E-state index in [1.807, 2.05) is 36.8 Å². The number of sulfonamides is 1. The average Bonchev–Trinajstić information content (AvgIpc) is 3.23. The summed E-state index contributed by atoms with van der Waals surface area (Å²) in [6, 6.07) is 1.57. The summed E-state index contributed by atoms with van der Waals surface area (Å²) in [5.41, 5.74) is 2.23. The zero-order chi connectivity index (χ0) is 21.6. The first kappa shape index (κ1) is 26.4. The van der Waals surface area contributed by atoms with Gasteiger partial charge >= 0.3 is 0 Å². The number of nitrogens with one attached hydrogen (secondary N) is 2. The van der Waals surface area contributed by atoms with Crippen molar-refractivity contribution in [2.24, 2.45) is 19.1 Å². The summed E-state index contributed by atoms with van der Waals surface area (Å²) in [4.78, 5) is 6.85. The first-order valence-corrected chi connectivity index (χ1v) is 11.3. The molecule has 0 amide bonds. The van der Waals surface area contributed by atoms with Crippen molar-refractivity contribution < 1.29 is 8.42 Å². The van der Waals surface area contributed by atoms with Crippen molar-refractivity contribution in [3.8, 4) is 0 Å². The van der Waals surface area contributed by atoms with E-state index in [0.29, 0.717) is 19.0 Å². The lowest BCUT2D eigenvalue weighted by atomic mass is 10.1. The fourth-order valence-electron chi connectivity index (χ4n) is 3.02. The van der Waals surface area contributed by atoms with E-state index in [0.717, 1.165) is 23.8 Å². The highest BCUT2D eigenvalue weighted by molar-refractivity contribution is 14.0. The Kier molecular flexibility index (Phi) is 10.3. The maximum Gasteiger partial charge on any atom is 0.242 e. The predicted molar refractivity (Wildman–Crippen MR) is 131 cm³/mol. The summed E-state index contributed by atoms with van der Waals surface area (Å²) >= 11 is 0. The minimum absolute atomic E-state index is 0. The van der Waals surface area contributed by atoms with Crippen molar-refractivity contribution in [1.29, 1.82) is 0 Å². The quantitative estimate of drug-likeness (QED) is 0.215. The van der Waals surface area contributed by atoms with E-state index in [1.54, 1.807) is 30.1 Å². The second-order valence-electron chi connectivity index (χ2n) is 7.37. The van der Waals surface area contributed by atoms with Crippen LogP contribution in [0.2, 0.25) is 0 Å². The number of guanidine groups is 1. The Morgan fingerprint density at radius 1 is 1.30 bits per heavy atom. The van der Waals surface area contributed by atoms with Crippen molar-refractivity contribution in [3.05, 3.63) is 35.9 Å². The smallest absolute Gasteiger partial charge is 0.242 e. The molecule has 30 heavy (non-hydrogen) atoms. The van der Waals surface area contributed by atoms with Gasteiger partial charge in [-0.15, -0.1) is 24.0 Å². The number of hydrogen-bond acceptors (Lipinski definition) is 4. The lowest BCUT2D eigenvalue weighted by Crippen LogP contribution is -2.39. The molecule has 0 unspecified atom stereocenters. The van der Waals surface area contributed by atoms with Gasteiger partial charge in [-0.3, -0.25) is 9.67 Å². The number of aromatic nitrogens is 3. The second kappa shape index (κ2) is 11.7. The maximum atomic E-state index is 12.3. The third-order valence-corrected chi connectivity index (χ3v) is 5.81. The lowest BCUT2D eigenvalue weighted by molar-refractivity contribution is 0.473. The van der Waals surface area contributed by atoms with Gasteiger partial charge in [0.2, 0.25) is 10.0 Å². The molecule has 2 N–H and O–H groups in total. The maximum absolute atomic E-state index is 12.3. The molecule has 9 nitrogen and oxygen atoms in total. The van der Waals surface area contributed by atoms with E-state index in [1.165, 1.54) is 0 Å². The number of hydrogen-bond donors (Lipinski definition) is 2. The van der Waals surface area contributed by atoms with Gasteiger partial charge in [0.25, 0.3) is 0 Å². The van der Waals surface area contributed by atoms with Crippen LogP contribution in [-0.4, -0.2) is 60.3 Å². The molecule has 2 aromatic rings. The third kappa shape index (κ3) is 7.27. The minimum Gasteiger partial charge on any atom is -0.357 e. The zero-order valence-electron chi connectivity index (χ0n) is 18.6. The molecule has 0 saturated heterocycles. The van der Waals surface area contributed by atoms with Gasteiger partial charge in [-0.25, -0.2) is 13.1 Å². The molecular formula is C19H34IN7O2S. The third-order valence-electron chi connectivity index (χ3n) is 4.37. The van der Waals surface area contributed by atoms with E-state index in [2.05, 4.69) is 34.0 Å². The highest BCUT2D eigenvalue weighted by Crippen LogP contribution is 2.18. The molecule has 0 aliphatic carbocycles. The number of rotatable bonds is 9. The molecule has 11 heteroatoms. The Bertz CT molecular complexity index is 935. The van der Waals surface area contributed by atoms with E-state index in [4.69, 9.17) is 0 Å². The number of nitrogens with zero attached hydrogens (tertiary/aromatic N) is 5. The fraction of sp³-hybridized carbons (Fsp3) is 0.579. The van der Waals surface area contributed by atoms with Crippen LogP contribution in [0.3, 0.4) is 0 Å². The van der Waals surface area contributed by atoms with Crippen molar-refractivity contribution >= 4 is 40.0 Å². The van der Waals surface area contributed by atoms with E-state index in [-0.39, 0.29) is 35.4 Å². The Morgan fingerprint density at radius 2 is 2.00 bits per heavy atom. The van der Waals surface area contributed by atoms with Gasteiger partial charge in [0, 0.05) is 64.9 Å². The van der Waals surface area contributed by atoms with Gasteiger partial charge in [-0.05, 0) is 18.9 Å². The number of halogens is 1. The van der Waals surface area contributed by atoms with Crippen molar-refractivity contribution in [2.75, 3.05) is 26.7 Å². The highest BCUT2D eigenvalue weighted by Gasteiger charge is 2.16. The molecule has 170 valence electrons. The Balaban J connectivity index is 0.00000450. The Hall–Kier alpha value is -1.60. The SMILES string of the molecule is CCNC(=NCCNS(=O)(=O)c1ccn(C)c1)N(C)Cc1cn(C)nc1C(C)C.I. The summed E-state index contributed by atoms with van der Waals surface area (Å²) < 4.78 is 30.7. The Labute approximate surface area is 197 Å². The van der Waals surface area contributed by atoms with Gasteiger partial charge in [-0.2, -0.15) is 5.10 Å². The summed E-state index contributed by atoms with van der Waals surface area (Å²) in [7, 11) is 2.16. The molecule has 2 aromatic heterocycles. The van der Waals surface area contributed by atoms with Gasteiger partial charge in [0.05, 0.1) is 17.1 Å². The van der Waals surface area contributed by atoms with Crippen LogP contribution in [0.15, 0.2) is 34.5 Å². The zero-order valence-corrected chi connectivity index (χ0v) is 21.7. The molecular weight excluding hydrogens is 517 g/mol.